The predicted octanol–water partition coefficient (Wildman–Crippen LogP) is 6.21. The van der Waals surface area contributed by atoms with Crippen molar-refractivity contribution in [1.29, 1.82) is 0 Å². The van der Waals surface area contributed by atoms with Gasteiger partial charge in [0.2, 0.25) is 0 Å². The second kappa shape index (κ2) is 10.2. The standard InChI is InChI=1S/C31H28N2O3/c1-2-3-18-32-29(34)28(30(35)33(31(32)36)19-17-22-11-5-4-6-12-22)21-27-25-15-9-7-13-23(25)20-24-14-8-10-16-26(24)27/h4-16,20-21H,2-3,17-19H2,1H3/b28-21-. The molecule has 0 N–H and O–H groups in total. The zero-order valence-corrected chi connectivity index (χ0v) is 20.3. The molecule has 5 heteroatoms. The van der Waals surface area contributed by atoms with Gasteiger partial charge in [0.05, 0.1) is 0 Å². The van der Waals surface area contributed by atoms with Crippen LogP contribution >= 0.6 is 0 Å². The van der Waals surface area contributed by atoms with Crippen LogP contribution in [0.25, 0.3) is 27.6 Å². The van der Waals surface area contributed by atoms with Crippen LogP contribution in [0.4, 0.5) is 4.79 Å². The van der Waals surface area contributed by atoms with Gasteiger partial charge in [0.25, 0.3) is 11.8 Å². The van der Waals surface area contributed by atoms with Crippen LogP contribution in [0.3, 0.4) is 0 Å². The van der Waals surface area contributed by atoms with E-state index in [0.717, 1.165) is 39.1 Å². The Labute approximate surface area is 210 Å². The molecule has 1 saturated heterocycles. The summed E-state index contributed by atoms with van der Waals surface area (Å²) in [5.74, 6) is -1.06. The molecule has 0 bridgehead atoms. The molecule has 0 spiro atoms. The molecule has 1 aliphatic rings. The summed E-state index contributed by atoms with van der Waals surface area (Å²) in [6, 6.07) is 27.2. The van der Waals surface area contributed by atoms with Crippen LogP contribution in [0.2, 0.25) is 0 Å². The van der Waals surface area contributed by atoms with E-state index >= 15 is 0 Å². The van der Waals surface area contributed by atoms with Crippen molar-refractivity contribution in [3.8, 4) is 0 Å². The van der Waals surface area contributed by atoms with Gasteiger partial charge in [-0.05, 0) is 57.7 Å². The summed E-state index contributed by atoms with van der Waals surface area (Å²) in [5.41, 5.74) is 1.87. The van der Waals surface area contributed by atoms with Crippen molar-refractivity contribution >= 4 is 45.5 Å². The van der Waals surface area contributed by atoms with Gasteiger partial charge in [-0.15, -0.1) is 0 Å². The van der Waals surface area contributed by atoms with Crippen LogP contribution in [-0.4, -0.2) is 40.7 Å². The number of urea groups is 1. The molecule has 0 atom stereocenters. The lowest BCUT2D eigenvalue weighted by molar-refractivity contribution is -0.135. The summed E-state index contributed by atoms with van der Waals surface area (Å²) in [5, 5.41) is 3.96. The molecule has 1 heterocycles. The number of imide groups is 2. The third-order valence-corrected chi connectivity index (χ3v) is 6.72. The van der Waals surface area contributed by atoms with Gasteiger partial charge in [-0.2, -0.15) is 0 Å². The molecular weight excluding hydrogens is 448 g/mol. The minimum absolute atomic E-state index is 0.0280. The predicted molar refractivity (Wildman–Crippen MR) is 143 cm³/mol. The van der Waals surface area contributed by atoms with E-state index in [1.165, 1.54) is 9.80 Å². The van der Waals surface area contributed by atoms with Gasteiger partial charge in [-0.1, -0.05) is 92.2 Å². The molecule has 0 aliphatic carbocycles. The summed E-state index contributed by atoms with van der Waals surface area (Å²) >= 11 is 0. The number of barbiturate groups is 1. The van der Waals surface area contributed by atoms with Gasteiger partial charge in [-0.25, -0.2) is 4.79 Å². The van der Waals surface area contributed by atoms with Gasteiger partial charge in [0.15, 0.2) is 0 Å². The van der Waals surface area contributed by atoms with Crippen molar-refractivity contribution in [1.82, 2.24) is 9.80 Å². The number of amides is 4. The maximum atomic E-state index is 13.7. The largest absolute Gasteiger partial charge is 0.333 e. The van der Waals surface area contributed by atoms with E-state index in [4.69, 9.17) is 0 Å². The first-order valence-electron chi connectivity index (χ1n) is 12.4. The minimum atomic E-state index is -0.536. The highest BCUT2D eigenvalue weighted by Gasteiger charge is 2.41. The smallest absolute Gasteiger partial charge is 0.268 e. The van der Waals surface area contributed by atoms with Crippen molar-refractivity contribution in [3.63, 3.8) is 0 Å². The lowest BCUT2D eigenvalue weighted by atomic mass is 9.94. The van der Waals surface area contributed by atoms with Crippen molar-refractivity contribution in [3.05, 3.63) is 102 Å². The number of benzene rings is 4. The van der Waals surface area contributed by atoms with Crippen LogP contribution < -0.4 is 0 Å². The number of nitrogens with zero attached hydrogens (tertiary/aromatic N) is 2. The molecular formula is C31H28N2O3. The quantitative estimate of drug-likeness (QED) is 0.181. The van der Waals surface area contributed by atoms with Crippen LogP contribution in [-0.2, 0) is 16.0 Å². The van der Waals surface area contributed by atoms with E-state index in [0.29, 0.717) is 12.8 Å². The topological polar surface area (TPSA) is 57.7 Å². The summed E-state index contributed by atoms with van der Waals surface area (Å²) in [7, 11) is 0. The van der Waals surface area contributed by atoms with Crippen molar-refractivity contribution < 1.29 is 14.4 Å². The van der Waals surface area contributed by atoms with Crippen LogP contribution in [0.15, 0.2) is 90.5 Å². The fourth-order valence-electron chi connectivity index (χ4n) is 4.77. The van der Waals surface area contributed by atoms with Crippen LogP contribution in [0.5, 0.6) is 0 Å². The first kappa shape index (κ1) is 23.5. The summed E-state index contributed by atoms with van der Waals surface area (Å²) in [6.07, 6.45) is 3.74. The lowest BCUT2D eigenvalue weighted by Crippen LogP contribution is -2.56. The highest BCUT2D eigenvalue weighted by atomic mass is 16.2. The monoisotopic (exact) mass is 476 g/mol. The fourth-order valence-corrected chi connectivity index (χ4v) is 4.77. The molecule has 4 aromatic carbocycles. The van der Waals surface area contributed by atoms with E-state index < -0.39 is 17.8 Å². The Morgan fingerprint density at radius 2 is 1.25 bits per heavy atom. The second-order valence-corrected chi connectivity index (χ2v) is 9.08. The van der Waals surface area contributed by atoms with E-state index in [9.17, 15) is 14.4 Å². The Hall–Kier alpha value is -4.25. The maximum Gasteiger partial charge on any atom is 0.333 e. The fraction of sp³-hybridized carbons (Fsp3) is 0.194. The maximum absolute atomic E-state index is 13.7. The Kier molecular flexibility index (Phi) is 6.63. The number of unbranched alkanes of at least 4 members (excludes halogenated alkanes) is 1. The molecule has 5 rings (SSSR count). The molecule has 4 aromatic rings. The first-order chi connectivity index (χ1) is 17.6. The Morgan fingerprint density at radius 3 is 1.86 bits per heavy atom. The zero-order chi connectivity index (χ0) is 25.1. The second-order valence-electron chi connectivity index (χ2n) is 9.08. The number of carbonyl (C=O) groups excluding carboxylic acids is 3. The number of fused-ring (bicyclic) bond motifs is 2. The summed E-state index contributed by atoms with van der Waals surface area (Å²) in [6.45, 7) is 2.51. The highest BCUT2D eigenvalue weighted by Crippen LogP contribution is 2.32. The van der Waals surface area contributed by atoms with Crippen LogP contribution in [0, 0.1) is 0 Å². The Bertz CT molecular complexity index is 1440. The lowest BCUT2D eigenvalue weighted by Gasteiger charge is -2.34. The van der Waals surface area contributed by atoms with E-state index in [1.54, 1.807) is 6.08 Å². The highest BCUT2D eigenvalue weighted by molar-refractivity contribution is 6.31. The molecule has 180 valence electrons. The first-order valence-corrected chi connectivity index (χ1v) is 12.4. The number of hydrogen-bond donors (Lipinski definition) is 0. The SMILES string of the molecule is CCCCN1C(=O)/C(=C/c2c3ccccc3cc3ccccc23)C(=O)N(CCc2ccccc2)C1=O. The average molecular weight is 477 g/mol. The van der Waals surface area contributed by atoms with E-state index in [2.05, 4.69) is 6.07 Å². The van der Waals surface area contributed by atoms with Gasteiger partial charge < -0.3 is 0 Å². The zero-order valence-electron chi connectivity index (χ0n) is 20.3. The van der Waals surface area contributed by atoms with Crippen LogP contribution in [0.1, 0.15) is 30.9 Å². The molecule has 0 aromatic heterocycles. The number of carbonyl (C=O) groups is 3. The average Bonchev–Trinajstić information content (AvgIpc) is 2.91. The molecule has 0 saturated carbocycles. The van der Waals surface area contributed by atoms with Gasteiger partial charge in [-0.3, -0.25) is 19.4 Å². The third-order valence-electron chi connectivity index (χ3n) is 6.72. The Balaban J connectivity index is 1.62. The third kappa shape index (κ3) is 4.40. The molecule has 1 aliphatic heterocycles. The molecule has 1 fully saturated rings. The molecule has 36 heavy (non-hydrogen) atoms. The van der Waals surface area contributed by atoms with Gasteiger partial charge in [0, 0.05) is 13.1 Å². The van der Waals surface area contributed by atoms with Crippen molar-refractivity contribution in [2.24, 2.45) is 0 Å². The summed E-state index contributed by atoms with van der Waals surface area (Å²) in [4.78, 5) is 42.9. The normalized spacial score (nSPS) is 15.5. The molecule has 4 amide bonds. The Morgan fingerprint density at radius 1 is 0.694 bits per heavy atom. The molecule has 0 unspecified atom stereocenters. The van der Waals surface area contributed by atoms with E-state index in [1.807, 2.05) is 85.8 Å². The van der Waals surface area contributed by atoms with Gasteiger partial charge >= 0.3 is 6.03 Å². The van der Waals surface area contributed by atoms with Crippen molar-refractivity contribution in [2.75, 3.05) is 13.1 Å². The molecule has 0 radical (unpaired) electrons. The van der Waals surface area contributed by atoms with Crippen molar-refractivity contribution in [2.45, 2.75) is 26.2 Å². The molecule has 5 nitrogen and oxygen atoms in total. The number of rotatable bonds is 7. The summed E-state index contributed by atoms with van der Waals surface area (Å²) < 4.78 is 0. The van der Waals surface area contributed by atoms with E-state index in [-0.39, 0.29) is 18.7 Å². The van der Waals surface area contributed by atoms with Gasteiger partial charge in [0.1, 0.15) is 5.57 Å². The number of hydrogen-bond acceptors (Lipinski definition) is 3. The minimum Gasteiger partial charge on any atom is -0.268 e.